The third kappa shape index (κ3) is 1.81. The highest BCUT2D eigenvalue weighted by Gasteiger charge is 2.24. The average Bonchev–Trinajstić information content (AvgIpc) is 2.75. The lowest BCUT2D eigenvalue weighted by atomic mass is 10.2. The van der Waals surface area contributed by atoms with Crippen LogP contribution >= 0.6 is 23.2 Å². The molecule has 86 valence electrons. The van der Waals surface area contributed by atoms with Crippen LogP contribution in [-0.2, 0) is 0 Å². The van der Waals surface area contributed by atoms with Gasteiger partial charge in [-0.3, -0.25) is 0 Å². The van der Waals surface area contributed by atoms with Crippen molar-refractivity contribution in [3.05, 3.63) is 52.3 Å². The lowest BCUT2D eigenvalue weighted by molar-refractivity contribution is 0.941. The van der Waals surface area contributed by atoms with E-state index in [0.717, 1.165) is 22.0 Å². The molecule has 1 unspecified atom stereocenters. The molecule has 1 aliphatic heterocycles. The van der Waals surface area contributed by atoms with Crippen LogP contribution in [0, 0.1) is 0 Å². The van der Waals surface area contributed by atoms with Gasteiger partial charge in [-0.25, -0.2) is 4.98 Å². The van der Waals surface area contributed by atoms with Gasteiger partial charge >= 0.3 is 0 Å². The first-order valence-electron chi connectivity index (χ1n) is 5.18. The largest absolute Gasteiger partial charge is 0.360 e. The summed E-state index contributed by atoms with van der Waals surface area (Å²) in [5.74, 6) is 0. The number of hydrogen-bond donors (Lipinski definition) is 2. The van der Waals surface area contributed by atoms with Crippen LogP contribution in [0.3, 0.4) is 0 Å². The minimum absolute atomic E-state index is 0.0691. The van der Waals surface area contributed by atoms with Gasteiger partial charge in [0.05, 0.1) is 11.4 Å². The summed E-state index contributed by atoms with van der Waals surface area (Å²) in [6.07, 6.45) is 1.60. The lowest BCUT2D eigenvalue weighted by Crippen LogP contribution is -2.12. The molecule has 1 aromatic heterocycles. The second-order valence-electron chi connectivity index (χ2n) is 3.77. The fourth-order valence-electron chi connectivity index (χ4n) is 1.89. The summed E-state index contributed by atoms with van der Waals surface area (Å²) >= 11 is 12.2. The normalized spacial score (nSPS) is 17.2. The van der Waals surface area contributed by atoms with E-state index in [2.05, 4.69) is 15.6 Å². The zero-order chi connectivity index (χ0) is 11.8. The Hall–Kier alpha value is -1.45. The van der Waals surface area contributed by atoms with E-state index in [0.29, 0.717) is 5.15 Å². The highest BCUT2D eigenvalue weighted by atomic mass is 35.5. The summed E-state index contributed by atoms with van der Waals surface area (Å²) in [6.45, 7) is 0. The number of hydrogen-bond acceptors (Lipinski definition) is 3. The van der Waals surface area contributed by atoms with Crippen molar-refractivity contribution >= 4 is 34.6 Å². The van der Waals surface area contributed by atoms with E-state index < -0.39 is 0 Å². The molecule has 0 fully saturated rings. The Morgan fingerprint density at radius 2 is 1.88 bits per heavy atom. The highest BCUT2D eigenvalue weighted by molar-refractivity contribution is 6.33. The van der Waals surface area contributed by atoms with Crippen LogP contribution in [0.2, 0.25) is 10.2 Å². The topological polar surface area (TPSA) is 37.0 Å². The van der Waals surface area contributed by atoms with Crippen molar-refractivity contribution in [1.29, 1.82) is 0 Å². The second kappa shape index (κ2) is 4.09. The molecule has 0 aliphatic carbocycles. The zero-order valence-electron chi connectivity index (χ0n) is 8.74. The van der Waals surface area contributed by atoms with Gasteiger partial charge < -0.3 is 10.6 Å². The predicted octanol–water partition coefficient (Wildman–Crippen LogP) is 3.92. The van der Waals surface area contributed by atoms with Crippen LogP contribution in [0.1, 0.15) is 11.7 Å². The summed E-state index contributed by atoms with van der Waals surface area (Å²) in [5.41, 5.74) is 2.75. The highest BCUT2D eigenvalue weighted by Crippen LogP contribution is 2.40. The van der Waals surface area contributed by atoms with Gasteiger partial charge in [0.15, 0.2) is 5.15 Å². The van der Waals surface area contributed by atoms with E-state index in [4.69, 9.17) is 23.2 Å². The first kappa shape index (κ1) is 10.7. The molecular weight excluding hydrogens is 257 g/mol. The van der Waals surface area contributed by atoms with Gasteiger partial charge in [0, 0.05) is 16.8 Å². The number of rotatable bonds is 1. The molecule has 2 heterocycles. The summed E-state index contributed by atoms with van der Waals surface area (Å²) in [4.78, 5) is 4.03. The Morgan fingerprint density at radius 1 is 1.06 bits per heavy atom. The van der Waals surface area contributed by atoms with Gasteiger partial charge in [-0.15, -0.1) is 0 Å². The molecule has 2 N–H and O–H groups in total. The molecule has 0 bridgehead atoms. The molecule has 3 rings (SSSR count). The number of halogens is 2. The first-order valence-corrected chi connectivity index (χ1v) is 5.93. The Morgan fingerprint density at radius 3 is 2.65 bits per heavy atom. The monoisotopic (exact) mass is 265 g/mol. The van der Waals surface area contributed by atoms with Gasteiger partial charge in [0.1, 0.15) is 6.17 Å². The third-order valence-corrected chi connectivity index (χ3v) is 3.34. The van der Waals surface area contributed by atoms with Crippen LogP contribution in [0.15, 0.2) is 36.5 Å². The third-order valence-electron chi connectivity index (χ3n) is 2.71. The Kier molecular flexibility index (Phi) is 2.57. The average molecular weight is 266 g/mol. The van der Waals surface area contributed by atoms with Crippen molar-refractivity contribution < 1.29 is 0 Å². The van der Waals surface area contributed by atoms with Crippen molar-refractivity contribution in [3.63, 3.8) is 0 Å². The van der Waals surface area contributed by atoms with E-state index in [1.807, 2.05) is 30.3 Å². The molecule has 5 heteroatoms. The van der Waals surface area contributed by atoms with Crippen molar-refractivity contribution in [2.75, 3.05) is 10.6 Å². The lowest BCUT2D eigenvalue weighted by Gasteiger charge is -2.14. The summed E-state index contributed by atoms with van der Waals surface area (Å²) in [7, 11) is 0. The van der Waals surface area contributed by atoms with Crippen LogP contribution in [0.25, 0.3) is 0 Å². The summed E-state index contributed by atoms with van der Waals surface area (Å²) in [6, 6.07) is 9.57. The number of pyridine rings is 1. The molecule has 3 nitrogen and oxygen atoms in total. The van der Waals surface area contributed by atoms with Crippen LogP contribution < -0.4 is 10.6 Å². The minimum Gasteiger partial charge on any atom is -0.360 e. The molecule has 2 aromatic rings. The van der Waals surface area contributed by atoms with E-state index in [9.17, 15) is 0 Å². The van der Waals surface area contributed by atoms with Gasteiger partial charge in [0.25, 0.3) is 0 Å². The van der Waals surface area contributed by atoms with Gasteiger partial charge in [0.2, 0.25) is 0 Å². The van der Waals surface area contributed by atoms with Crippen molar-refractivity contribution in [3.8, 4) is 0 Å². The molecule has 0 radical (unpaired) electrons. The van der Waals surface area contributed by atoms with Crippen molar-refractivity contribution in [1.82, 2.24) is 4.98 Å². The molecule has 1 aromatic carbocycles. The molecule has 0 saturated carbocycles. The number of nitrogens with one attached hydrogen (secondary N) is 2. The van der Waals surface area contributed by atoms with Crippen molar-refractivity contribution in [2.24, 2.45) is 0 Å². The fraction of sp³-hybridized carbons (Fsp3) is 0.0833. The zero-order valence-corrected chi connectivity index (χ0v) is 10.3. The maximum absolute atomic E-state index is 6.16. The summed E-state index contributed by atoms with van der Waals surface area (Å²) < 4.78 is 0. The van der Waals surface area contributed by atoms with Crippen LogP contribution in [-0.4, -0.2) is 4.98 Å². The Bertz CT molecular complexity index is 571. The molecule has 1 atom stereocenters. The SMILES string of the molecule is Clc1ccccc1C1Nc2ccnc(Cl)c2N1. The summed E-state index contributed by atoms with van der Waals surface area (Å²) in [5, 5.41) is 7.76. The first-order chi connectivity index (χ1) is 8.25. The van der Waals surface area contributed by atoms with E-state index >= 15 is 0 Å². The molecular formula is C12H9Cl2N3. The molecule has 1 aliphatic rings. The number of nitrogens with zero attached hydrogens (tertiary/aromatic N) is 1. The Balaban J connectivity index is 1.97. The molecule has 17 heavy (non-hydrogen) atoms. The molecule has 0 spiro atoms. The number of anilines is 2. The Labute approximate surface area is 109 Å². The minimum atomic E-state index is -0.0691. The standard InChI is InChI=1S/C12H9Cl2N3/c13-8-4-2-1-3-7(8)12-16-9-5-6-15-11(14)10(9)17-12/h1-6,12,16-17H. The predicted molar refractivity (Wildman–Crippen MR) is 70.7 cm³/mol. The number of benzene rings is 1. The fourth-order valence-corrected chi connectivity index (χ4v) is 2.35. The van der Waals surface area contributed by atoms with Gasteiger partial charge in [-0.1, -0.05) is 41.4 Å². The van der Waals surface area contributed by atoms with E-state index in [1.165, 1.54) is 0 Å². The number of fused-ring (bicyclic) bond motifs is 1. The molecule has 0 amide bonds. The van der Waals surface area contributed by atoms with E-state index in [-0.39, 0.29) is 6.17 Å². The smallest absolute Gasteiger partial charge is 0.154 e. The quantitative estimate of drug-likeness (QED) is 0.768. The number of aromatic nitrogens is 1. The van der Waals surface area contributed by atoms with Crippen LogP contribution in [0.5, 0.6) is 0 Å². The molecule has 0 saturated heterocycles. The van der Waals surface area contributed by atoms with Crippen LogP contribution in [0.4, 0.5) is 11.4 Å². The maximum atomic E-state index is 6.16. The maximum Gasteiger partial charge on any atom is 0.154 e. The van der Waals surface area contributed by atoms with Gasteiger partial charge in [-0.05, 0) is 12.1 Å². The van der Waals surface area contributed by atoms with Gasteiger partial charge in [-0.2, -0.15) is 0 Å². The van der Waals surface area contributed by atoms with Crippen molar-refractivity contribution in [2.45, 2.75) is 6.17 Å². The van der Waals surface area contributed by atoms with E-state index in [1.54, 1.807) is 6.20 Å². The second-order valence-corrected chi connectivity index (χ2v) is 4.53.